The molecule has 2 heteroatoms. The third-order valence-electron chi connectivity index (χ3n) is 3.17. The van der Waals surface area contributed by atoms with Crippen molar-refractivity contribution in [1.29, 1.82) is 0 Å². The molecule has 0 amide bonds. The molecule has 0 spiro atoms. The van der Waals surface area contributed by atoms with Crippen molar-refractivity contribution in [3.05, 3.63) is 47.5 Å². The Morgan fingerprint density at radius 1 is 0.765 bits per heavy atom. The van der Waals surface area contributed by atoms with Gasteiger partial charge in [0.2, 0.25) is 0 Å². The second kappa shape index (κ2) is 5.59. The molecular weight excluding hydrogens is 338 g/mol. The van der Waals surface area contributed by atoms with Crippen molar-refractivity contribution in [1.82, 2.24) is 0 Å². The fourth-order valence-corrected chi connectivity index (χ4v) is 7.30. The van der Waals surface area contributed by atoms with E-state index in [9.17, 15) is 0 Å². The summed E-state index contributed by atoms with van der Waals surface area (Å²) in [7, 11) is 0. The predicted octanol–water partition coefficient (Wildman–Crippen LogP) is 3.49. The van der Waals surface area contributed by atoms with Gasteiger partial charge in [0.1, 0.15) is 0 Å². The molecule has 2 aromatic rings. The van der Waals surface area contributed by atoms with E-state index in [1.54, 1.807) is 16.5 Å². The van der Waals surface area contributed by atoms with Gasteiger partial charge in [-0.3, -0.25) is 0 Å². The normalized spacial score (nSPS) is 16.9. The van der Waals surface area contributed by atoms with Crippen molar-refractivity contribution in [3.8, 4) is 0 Å². The topological polar surface area (TPSA) is 0 Å². The zero-order valence-corrected chi connectivity index (χ0v) is 13.2. The molecule has 2 aromatic carbocycles. The van der Waals surface area contributed by atoms with E-state index in [0.717, 1.165) is 29.9 Å². The molecule has 17 heavy (non-hydrogen) atoms. The first-order chi connectivity index (χ1) is 8.45. The summed E-state index contributed by atoms with van der Waals surface area (Å²) in [5.74, 6) is 0. The van der Waals surface area contributed by atoms with Crippen LogP contribution in [0.25, 0.3) is 10.8 Å². The second-order valence-corrected chi connectivity index (χ2v) is 9.03. The molecule has 0 saturated carbocycles. The summed E-state index contributed by atoms with van der Waals surface area (Å²) < 4.78 is 0. The molecule has 88 valence electrons. The minimum absolute atomic E-state index is 0.814. The third-order valence-corrected chi connectivity index (χ3v) is 7.75. The molecule has 0 unspecified atom stereocenters. The van der Waals surface area contributed by atoms with Gasteiger partial charge in [0.05, 0.1) is 0 Å². The summed E-state index contributed by atoms with van der Waals surface area (Å²) in [6.07, 6.45) is 1.47. The molecule has 0 N–H and O–H groups in total. The van der Waals surface area contributed by atoms with Crippen LogP contribution in [-0.2, 0) is 10.6 Å². The van der Waals surface area contributed by atoms with E-state index in [1.165, 1.54) is 33.1 Å². The van der Waals surface area contributed by atoms with Crippen molar-refractivity contribution >= 4 is 40.7 Å². The van der Waals surface area contributed by atoms with Gasteiger partial charge in [-0.15, -0.1) is 0 Å². The van der Waals surface area contributed by atoms with Gasteiger partial charge in [0.25, 0.3) is 0 Å². The fraction of sp³-hybridized carbons (Fsp3) is 0.333. The summed E-state index contributed by atoms with van der Waals surface area (Å²) in [6.45, 7) is 0. The molecular formula is C15H16Se2. The van der Waals surface area contributed by atoms with Crippen LogP contribution in [-0.4, -0.2) is 29.9 Å². The summed E-state index contributed by atoms with van der Waals surface area (Å²) >= 11 is 1.63. The summed E-state index contributed by atoms with van der Waals surface area (Å²) in [6, 6.07) is 13.7. The summed E-state index contributed by atoms with van der Waals surface area (Å²) in [5.41, 5.74) is 3.21. The van der Waals surface area contributed by atoms with Gasteiger partial charge in [-0.1, -0.05) is 0 Å². The van der Waals surface area contributed by atoms with Crippen LogP contribution in [0.3, 0.4) is 0 Å². The molecule has 0 bridgehead atoms. The van der Waals surface area contributed by atoms with Gasteiger partial charge in [-0.05, 0) is 0 Å². The molecule has 1 aliphatic rings. The first kappa shape index (κ1) is 11.8. The Bertz CT molecular complexity index is 477. The Hall–Kier alpha value is -0.261. The maximum absolute atomic E-state index is 2.35. The Morgan fingerprint density at radius 3 is 1.94 bits per heavy atom. The van der Waals surface area contributed by atoms with Crippen molar-refractivity contribution in [3.63, 3.8) is 0 Å². The van der Waals surface area contributed by atoms with Gasteiger partial charge < -0.3 is 0 Å². The molecule has 3 rings (SSSR count). The Morgan fingerprint density at radius 2 is 1.35 bits per heavy atom. The molecule has 1 heterocycles. The number of benzene rings is 2. The van der Waals surface area contributed by atoms with Crippen LogP contribution >= 0.6 is 0 Å². The molecule has 0 nitrogen and oxygen atoms in total. The van der Waals surface area contributed by atoms with Crippen LogP contribution in [0.5, 0.6) is 0 Å². The van der Waals surface area contributed by atoms with Crippen molar-refractivity contribution in [2.45, 2.75) is 27.7 Å². The quantitative estimate of drug-likeness (QED) is 0.636. The van der Waals surface area contributed by atoms with Crippen molar-refractivity contribution < 1.29 is 0 Å². The molecule has 0 aliphatic carbocycles. The van der Waals surface area contributed by atoms with Crippen molar-refractivity contribution in [2.24, 2.45) is 0 Å². The summed E-state index contributed by atoms with van der Waals surface area (Å²) in [4.78, 5) is 0. The predicted molar refractivity (Wildman–Crippen MR) is 77.1 cm³/mol. The standard InChI is InChI=1S/C15H16Se2/c1-4-12-5-2-7-14-11-17-9-3-8-16-10-13(6-1)15(12)14/h1-2,4-7H,3,8-11H2. The van der Waals surface area contributed by atoms with Crippen LogP contribution in [0.2, 0.25) is 10.6 Å². The minimum atomic E-state index is 0.814. The molecule has 1 aliphatic heterocycles. The SMILES string of the molecule is c1cc2c3c(cccc3c1)C[Se]CCC[Se]C2. The van der Waals surface area contributed by atoms with Crippen LogP contribution in [0.15, 0.2) is 36.4 Å². The fourth-order valence-electron chi connectivity index (χ4n) is 2.37. The van der Waals surface area contributed by atoms with Crippen LogP contribution in [0.1, 0.15) is 17.5 Å². The Balaban J connectivity index is 2.15. The zero-order chi connectivity index (χ0) is 11.5. The van der Waals surface area contributed by atoms with Crippen LogP contribution in [0, 0.1) is 0 Å². The average Bonchev–Trinajstić information content (AvgIpc) is 2.38. The van der Waals surface area contributed by atoms with Crippen LogP contribution in [0.4, 0.5) is 0 Å². The van der Waals surface area contributed by atoms with Gasteiger partial charge >= 0.3 is 116 Å². The van der Waals surface area contributed by atoms with Crippen molar-refractivity contribution in [2.75, 3.05) is 0 Å². The first-order valence-electron chi connectivity index (χ1n) is 6.10. The third kappa shape index (κ3) is 2.61. The van der Waals surface area contributed by atoms with E-state index in [0.29, 0.717) is 0 Å². The van der Waals surface area contributed by atoms with E-state index in [1.807, 2.05) is 0 Å². The van der Waals surface area contributed by atoms with Gasteiger partial charge in [-0.25, -0.2) is 0 Å². The number of hydrogen-bond acceptors (Lipinski definition) is 0. The molecule has 0 saturated heterocycles. The zero-order valence-electron chi connectivity index (χ0n) is 9.82. The first-order valence-corrected chi connectivity index (χ1v) is 10.9. The van der Waals surface area contributed by atoms with E-state index in [4.69, 9.17) is 0 Å². The van der Waals surface area contributed by atoms with E-state index >= 15 is 0 Å². The molecule has 0 fully saturated rings. The van der Waals surface area contributed by atoms with E-state index in [2.05, 4.69) is 36.4 Å². The Labute approximate surface area is 115 Å². The molecule has 0 radical (unpaired) electrons. The average molecular weight is 354 g/mol. The number of hydrogen-bond donors (Lipinski definition) is 0. The number of rotatable bonds is 0. The van der Waals surface area contributed by atoms with Gasteiger partial charge in [0.15, 0.2) is 0 Å². The molecule has 0 atom stereocenters. The second-order valence-electron chi connectivity index (χ2n) is 4.39. The Kier molecular flexibility index (Phi) is 3.88. The van der Waals surface area contributed by atoms with Gasteiger partial charge in [-0.2, -0.15) is 0 Å². The summed E-state index contributed by atoms with van der Waals surface area (Å²) in [5, 5.41) is 8.65. The monoisotopic (exact) mass is 356 g/mol. The van der Waals surface area contributed by atoms with E-state index < -0.39 is 0 Å². The van der Waals surface area contributed by atoms with Crippen LogP contribution < -0.4 is 0 Å². The van der Waals surface area contributed by atoms with Gasteiger partial charge in [0, 0.05) is 0 Å². The van der Waals surface area contributed by atoms with E-state index in [-0.39, 0.29) is 0 Å². The maximum atomic E-state index is 2.35. The molecule has 0 aromatic heterocycles.